The van der Waals surface area contributed by atoms with Crippen molar-refractivity contribution in [3.05, 3.63) is 22.5 Å². The first kappa shape index (κ1) is 28.4. The summed E-state index contributed by atoms with van der Waals surface area (Å²) in [5, 5.41) is 3.00. The minimum Gasteiger partial charge on any atom is -1.00 e. The molecule has 0 aromatic rings. The molecule has 11 nitrogen and oxygen atoms in total. The molecule has 0 spiro atoms. The maximum absolute atomic E-state index is 12.5. The van der Waals surface area contributed by atoms with E-state index in [4.69, 9.17) is 0 Å². The molecule has 5 N–H and O–H groups in total. The number of carbonyl (C=O) groups excluding carboxylic acids is 4. The number of nitrogens with zero attached hydrogens (tertiary/aromatic N) is 2. The van der Waals surface area contributed by atoms with Crippen LogP contribution in [0.25, 0.3) is 0 Å². The Bertz CT molecular complexity index is 728. The van der Waals surface area contributed by atoms with Gasteiger partial charge in [0.05, 0.1) is 42.3 Å². The number of hydrazine groups is 2. The Morgan fingerprint density at radius 1 is 0.710 bits per heavy atom. The van der Waals surface area contributed by atoms with Gasteiger partial charge in [-0.1, -0.05) is 0 Å². The molecule has 0 unspecified atom stereocenters. The van der Waals surface area contributed by atoms with E-state index in [1.165, 1.54) is 0 Å². The summed E-state index contributed by atoms with van der Waals surface area (Å²) in [6.45, 7) is 3.81. The van der Waals surface area contributed by atoms with Crippen molar-refractivity contribution in [3.63, 3.8) is 0 Å². The third kappa shape index (κ3) is 10.3. The van der Waals surface area contributed by atoms with Gasteiger partial charge >= 0.3 is 0 Å². The van der Waals surface area contributed by atoms with Crippen LogP contribution in [-0.4, -0.2) is 88.0 Å². The van der Waals surface area contributed by atoms with Gasteiger partial charge in [0, 0.05) is 29.0 Å². The van der Waals surface area contributed by atoms with Gasteiger partial charge in [0.2, 0.25) is 0 Å². The Morgan fingerprint density at radius 3 is 1.32 bits per heavy atom. The van der Waals surface area contributed by atoms with E-state index in [1.54, 1.807) is 13.8 Å². The number of nitrogens with one attached hydrogen (secondary N) is 5. The summed E-state index contributed by atoms with van der Waals surface area (Å²) in [5.41, 5.74) is 11.3. The Kier molecular flexibility index (Phi) is 10.2. The highest BCUT2D eigenvalue weighted by molar-refractivity contribution is 6.01. The molecule has 0 aromatic carbocycles. The van der Waals surface area contributed by atoms with E-state index >= 15 is 0 Å². The molecular formula is C19H35ClN7O4+. The monoisotopic (exact) mass is 460 g/mol. The fourth-order valence-electron chi connectivity index (χ4n) is 2.72. The van der Waals surface area contributed by atoms with E-state index in [0.717, 1.165) is 0 Å². The number of carbonyl (C=O) groups is 4. The van der Waals surface area contributed by atoms with E-state index in [-0.39, 0.29) is 43.7 Å². The van der Waals surface area contributed by atoms with Crippen molar-refractivity contribution >= 4 is 23.6 Å². The van der Waals surface area contributed by atoms with Crippen molar-refractivity contribution in [1.82, 2.24) is 27.0 Å². The highest BCUT2D eigenvalue weighted by Gasteiger charge is 2.26. The Balaban J connectivity index is 0.00000900. The number of allylic oxidation sites excluding steroid dienone is 2. The van der Waals surface area contributed by atoms with Gasteiger partial charge in [-0.25, -0.2) is 0 Å². The number of rotatable bonds is 6. The van der Waals surface area contributed by atoms with Crippen LogP contribution in [0, 0.1) is 0 Å². The molecule has 4 amide bonds. The molecule has 176 valence electrons. The van der Waals surface area contributed by atoms with Crippen LogP contribution < -0.4 is 39.4 Å². The minimum atomic E-state index is -0.512. The Hall–Kier alpha value is -2.63. The molecule has 1 aliphatic rings. The first-order chi connectivity index (χ1) is 13.6. The van der Waals surface area contributed by atoms with Crippen LogP contribution in [0.1, 0.15) is 20.3 Å². The van der Waals surface area contributed by atoms with E-state index in [0.29, 0.717) is 31.5 Å². The standard InChI is InChI=1S/C19H33N7O4.ClH/c1-12-14(18(29)23-21-16(27)10-25(3,4)5)9-15(13(2)20-12)19(30)24-22-17(28)11-26(6,7)8;/h9-11H2,1-8H3,(H3-2,20,21,22,23,24,27,28,29,30);1H/p+1. The van der Waals surface area contributed by atoms with Gasteiger partial charge in [0.1, 0.15) is 0 Å². The van der Waals surface area contributed by atoms with Crippen LogP contribution in [0.5, 0.6) is 0 Å². The zero-order valence-electron chi connectivity index (χ0n) is 19.5. The quantitative estimate of drug-likeness (QED) is 0.201. The third-order valence-electron chi connectivity index (χ3n) is 4.05. The molecule has 0 saturated carbocycles. The number of halogens is 1. The second kappa shape index (κ2) is 11.1. The smallest absolute Gasteiger partial charge is 0.293 e. The maximum Gasteiger partial charge on any atom is 0.293 e. The molecule has 1 aliphatic heterocycles. The zero-order valence-corrected chi connectivity index (χ0v) is 20.3. The van der Waals surface area contributed by atoms with Crippen molar-refractivity contribution in [3.8, 4) is 0 Å². The molecule has 0 fully saturated rings. The molecule has 1 heterocycles. The summed E-state index contributed by atoms with van der Waals surface area (Å²) >= 11 is 0. The normalized spacial score (nSPS) is 14.2. The average Bonchev–Trinajstić information content (AvgIpc) is 2.54. The second-order valence-electron chi connectivity index (χ2n) is 9.41. The molecule has 1 rings (SSSR count). The zero-order chi connectivity index (χ0) is 23.3. The van der Waals surface area contributed by atoms with E-state index in [9.17, 15) is 19.2 Å². The van der Waals surface area contributed by atoms with Crippen molar-refractivity contribution in [1.29, 1.82) is 0 Å². The van der Waals surface area contributed by atoms with Crippen LogP contribution in [0.4, 0.5) is 0 Å². The molecule has 0 aromatic heterocycles. The minimum absolute atomic E-state index is 0. The lowest BCUT2D eigenvalue weighted by molar-refractivity contribution is -0.862. The van der Waals surface area contributed by atoms with Crippen molar-refractivity contribution in [2.45, 2.75) is 20.3 Å². The van der Waals surface area contributed by atoms with Gasteiger partial charge in [-0.2, -0.15) is 0 Å². The molecule has 31 heavy (non-hydrogen) atoms. The summed E-state index contributed by atoms with van der Waals surface area (Å²) in [5.74, 6) is -1.69. The van der Waals surface area contributed by atoms with Crippen molar-refractivity contribution in [2.75, 3.05) is 55.4 Å². The lowest BCUT2D eigenvalue weighted by Gasteiger charge is -2.25. The van der Waals surface area contributed by atoms with Crippen LogP contribution in [0.2, 0.25) is 0 Å². The maximum atomic E-state index is 12.5. The van der Waals surface area contributed by atoms with Crippen molar-refractivity contribution < 1.29 is 40.6 Å². The molecule has 0 atom stereocenters. The molecule has 12 heteroatoms. The number of hydrogen-bond acceptors (Lipinski definition) is 5. The van der Waals surface area contributed by atoms with Crippen LogP contribution in [0.3, 0.4) is 0 Å². The topological polar surface area (TPSA) is 128 Å². The highest BCUT2D eigenvalue weighted by Crippen LogP contribution is 2.22. The summed E-state index contributed by atoms with van der Waals surface area (Å²) in [6.07, 6.45) is 0.0543. The van der Waals surface area contributed by atoms with Crippen LogP contribution >= 0.6 is 0 Å². The highest BCUT2D eigenvalue weighted by atomic mass is 35.5. The molecule has 0 saturated heterocycles. The third-order valence-corrected chi connectivity index (χ3v) is 4.05. The Labute approximate surface area is 189 Å². The SMILES string of the molecule is CC1=C(C(=O)NNC(=O)C[N+](C)(C)C)CC(C(=O)NNC(=O)C[N+](C)(C)C)=C(C)N1.[Cl-]. The fourth-order valence-corrected chi connectivity index (χ4v) is 2.72. The largest absolute Gasteiger partial charge is 1.00 e. The average molecular weight is 461 g/mol. The summed E-state index contributed by atoms with van der Waals surface area (Å²) < 4.78 is 0.827. The summed E-state index contributed by atoms with van der Waals surface area (Å²) in [4.78, 5) is 48.9. The first-order valence-corrected chi connectivity index (χ1v) is 9.55. The van der Waals surface area contributed by atoms with Crippen molar-refractivity contribution in [2.24, 2.45) is 0 Å². The van der Waals surface area contributed by atoms with Gasteiger partial charge in [0.15, 0.2) is 13.1 Å². The first-order valence-electron chi connectivity index (χ1n) is 9.55. The van der Waals surface area contributed by atoms with Gasteiger partial charge in [-0.15, -0.1) is 0 Å². The van der Waals surface area contributed by atoms with Crippen LogP contribution in [0.15, 0.2) is 22.5 Å². The van der Waals surface area contributed by atoms with E-state index in [2.05, 4.69) is 27.0 Å². The van der Waals surface area contributed by atoms with Gasteiger partial charge in [0.25, 0.3) is 23.6 Å². The molecule has 0 aliphatic carbocycles. The summed E-state index contributed by atoms with van der Waals surface area (Å²) in [6, 6.07) is 0. The lowest BCUT2D eigenvalue weighted by atomic mass is 9.97. The lowest BCUT2D eigenvalue weighted by Crippen LogP contribution is -3.00. The number of amides is 4. The number of dihydropyridines is 1. The van der Waals surface area contributed by atoms with E-state index in [1.807, 2.05) is 42.3 Å². The number of quaternary nitrogens is 2. The van der Waals surface area contributed by atoms with Gasteiger partial charge in [-0.3, -0.25) is 40.9 Å². The molecule has 0 radical (unpaired) electrons. The Morgan fingerprint density at radius 2 is 1.03 bits per heavy atom. The van der Waals surface area contributed by atoms with Gasteiger partial charge in [-0.05, 0) is 13.8 Å². The number of hydrogen-bond donors (Lipinski definition) is 5. The predicted molar refractivity (Wildman–Crippen MR) is 112 cm³/mol. The summed E-state index contributed by atoms with van der Waals surface area (Å²) in [7, 11) is 11.1. The van der Waals surface area contributed by atoms with Crippen LogP contribution in [-0.2, 0) is 19.2 Å². The molecular weight excluding hydrogens is 426 g/mol. The predicted octanol–water partition coefficient (Wildman–Crippen LogP) is -4.76. The second-order valence-corrected chi connectivity index (χ2v) is 9.41. The van der Waals surface area contributed by atoms with E-state index < -0.39 is 11.8 Å². The molecule has 0 bridgehead atoms. The van der Waals surface area contributed by atoms with Gasteiger partial charge < -0.3 is 26.7 Å². The fraction of sp³-hybridized carbons (Fsp3) is 0.579. The number of likely N-dealkylation sites (N-methyl/N-ethyl adjacent to an activating group) is 2.